The minimum Gasteiger partial charge on any atom is -0.489 e. The quantitative estimate of drug-likeness (QED) is 0.184. The van der Waals surface area contributed by atoms with E-state index in [1.165, 1.54) is 12.1 Å². The largest absolute Gasteiger partial charge is 0.489 e. The summed E-state index contributed by atoms with van der Waals surface area (Å²) >= 11 is 5.73. The van der Waals surface area contributed by atoms with E-state index in [0.717, 1.165) is 29.0 Å². The molecular weight excluding hydrogens is 546 g/mol. The lowest BCUT2D eigenvalue weighted by molar-refractivity contribution is -0.138. The molecule has 0 aliphatic carbocycles. The third-order valence-electron chi connectivity index (χ3n) is 6.40. The zero-order chi connectivity index (χ0) is 29.6. The normalized spacial score (nSPS) is 12.3. The maximum atomic E-state index is 14.6. The number of hydrogen-bond acceptors (Lipinski definition) is 3. The summed E-state index contributed by atoms with van der Waals surface area (Å²) in [5, 5.41) is 2.63. The first-order valence-corrected chi connectivity index (χ1v) is 13.3. The van der Waals surface area contributed by atoms with E-state index in [2.05, 4.69) is 19.2 Å². The van der Waals surface area contributed by atoms with Crippen LogP contribution in [0.4, 0.5) is 17.6 Å². The van der Waals surface area contributed by atoms with Crippen LogP contribution in [0.15, 0.2) is 48.5 Å². The van der Waals surface area contributed by atoms with Gasteiger partial charge in [-0.25, -0.2) is 4.39 Å². The van der Waals surface area contributed by atoms with Crippen molar-refractivity contribution in [2.24, 2.45) is 5.92 Å². The van der Waals surface area contributed by atoms with Gasteiger partial charge < -0.3 is 14.8 Å². The fourth-order valence-electron chi connectivity index (χ4n) is 4.64. The van der Waals surface area contributed by atoms with Crippen LogP contribution in [0.5, 0.6) is 5.75 Å². The Morgan fingerprint density at radius 3 is 2.33 bits per heavy atom. The predicted octanol–water partition coefficient (Wildman–Crippen LogP) is 8.34. The lowest BCUT2D eigenvalue weighted by atomic mass is 9.93. The van der Waals surface area contributed by atoms with Gasteiger partial charge in [0.25, 0.3) is 5.91 Å². The summed E-state index contributed by atoms with van der Waals surface area (Å²) in [5.74, 6) is -1.30. The second kappa shape index (κ2) is 13.3. The Kier molecular flexibility index (Phi) is 10.4. The molecule has 0 aliphatic rings. The Morgan fingerprint density at radius 2 is 1.73 bits per heavy atom. The van der Waals surface area contributed by atoms with Crippen LogP contribution in [0.1, 0.15) is 76.5 Å². The molecule has 0 fully saturated rings. The van der Waals surface area contributed by atoms with Crippen molar-refractivity contribution in [2.45, 2.75) is 65.8 Å². The van der Waals surface area contributed by atoms with Crippen LogP contribution in [-0.4, -0.2) is 12.2 Å². The van der Waals surface area contributed by atoms with E-state index in [-0.39, 0.29) is 36.1 Å². The number of ether oxygens (including phenoxy) is 1. The Hall–Kier alpha value is -3.39. The van der Waals surface area contributed by atoms with Crippen molar-refractivity contribution in [3.05, 3.63) is 98.3 Å². The van der Waals surface area contributed by atoms with Gasteiger partial charge in [0.15, 0.2) is 0 Å². The number of halogens is 5. The van der Waals surface area contributed by atoms with E-state index in [0.29, 0.717) is 18.1 Å². The maximum absolute atomic E-state index is 14.6. The van der Waals surface area contributed by atoms with Gasteiger partial charge in [-0.3, -0.25) is 4.79 Å². The van der Waals surface area contributed by atoms with Gasteiger partial charge in [0.05, 0.1) is 16.6 Å². The molecule has 3 rings (SSSR count). The van der Waals surface area contributed by atoms with Gasteiger partial charge in [0.2, 0.25) is 0 Å². The number of amides is 1. The molecule has 0 saturated carbocycles. The number of carbonyl (C=O) groups excluding carboxylic acids is 2. The third kappa shape index (κ3) is 8.07. The highest BCUT2D eigenvalue weighted by atomic mass is 35.5. The molecule has 1 amide bonds. The Balaban J connectivity index is 1.94. The van der Waals surface area contributed by atoms with E-state index in [1.54, 1.807) is 6.07 Å². The van der Waals surface area contributed by atoms with Crippen molar-refractivity contribution in [2.75, 3.05) is 0 Å². The molecule has 40 heavy (non-hydrogen) atoms. The number of aryl methyl sites for hydroxylation is 3. The molecule has 0 bridgehead atoms. The molecule has 1 unspecified atom stereocenters. The first-order chi connectivity index (χ1) is 18.8. The molecule has 3 aromatic carbocycles. The molecule has 0 aromatic heterocycles. The van der Waals surface area contributed by atoms with Crippen molar-refractivity contribution in [1.82, 2.24) is 5.32 Å². The van der Waals surface area contributed by atoms with E-state index >= 15 is 0 Å². The van der Waals surface area contributed by atoms with Crippen molar-refractivity contribution in [1.29, 1.82) is 0 Å². The molecule has 0 aliphatic heterocycles. The average molecular weight is 578 g/mol. The summed E-state index contributed by atoms with van der Waals surface area (Å²) in [7, 11) is 0. The van der Waals surface area contributed by atoms with Crippen LogP contribution in [0.3, 0.4) is 0 Å². The van der Waals surface area contributed by atoms with Gasteiger partial charge in [-0.05, 0) is 68.0 Å². The summed E-state index contributed by atoms with van der Waals surface area (Å²) < 4.78 is 60.6. The number of aldehydes is 1. The van der Waals surface area contributed by atoms with Gasteiger partial charge in [-0.15, -0.1) is 0 Å². The van der Waals surface area contributed by atoms with Crippen molar-refractivity contribution in [3.8, 4) is 5.75 Å². The van der Waals surface area contributed by atoms with E-state index in [1.807, 2.05) is 32.0 Å². The summed E-state index contributed by atoms with van der Waals surface area (Å²) in [6, 6.07) is 11.8. The van der Waals surface area contributed by atoms with E-state index < -0.39 is 40.7 Å². The number of benzene rings is 3. The number of carbonyl (C=O) groups is 2. The van der Waals surface area contributed by atoms with Crippen LogP contribution in [0, 0.1) is 25.6 Å². The van der Waals surface area contributed by atoms with Crippen molar-refractivity contribution in [3.63, 3.8) is 0 Å². The van der Waals surface area contributed by atoms with Gasteiger partial charge in [-0.2, -0.15) is 13.2 Å². The van der Waals surface area contributed by atoms with Crippen molar-refractivity contribution >= 4 is 23.8 Å². The zero-order valence-corrected chi connectivity index (χ0v) is 23.5. The van der Waals surface area contributed by atoms with Crippen LogP contribution >= 0.6 is 11.6 Å². The molecule has 214 valence electrons. The number of rotatable bonds is 11. The molecule has 0 heterocycles. The zero-order valence-electron chi connectivity index (χ0n) is 22.8. The maximum Gasteiger partial charge on any atom is 0.416 e. The first kappa shape index (κ1) is 31.1. The predicted molar refractivity (Wildman–Crippen MR) is 147 cm³/mol. The Labute approximate surface area is 236 Å². The minimum absolute atomic E-state index is 0.0688. The van der Waals surface area contributed by atoms with Gasteiger partial charge >= 0.3 is 6.18 Å². The van der Waals surface area contributed by atoms with E-state index in [9.17, 15) is 27.2 Å². The van der Waals surface area contributed by atoms with Crippen LogP contribution in [0.25, 0.3) is 0 Å². The minimum atomic E-state index is -4.81. The first-order valence-electron chi connectivity index (χ1n) is 12.9. The summed E-state index contributed by atoms with van der Waals surface area (Å²) in [6.07, 6.45) is -2.94. The monoisotopic (exact) mass is 577 g/mol. The third-order valence-corrected chi connectivity index (χ3v) is 6.69. The molecule has 0 radical (unpaired) electrons. The van der Waals surface area contributed by atoms with E-state index in [4.69, 9.17) is 16.3 Å². The highest BCUT2D eigenvalue weighted by molar-refractivity contribution is 6.30. The smallest absolute Gasteiger partial charge is 0.416 e. The molecule has 9 heteroatoms. The molecule has 0 spiro atoms. The number of alkyl halides is 3. The standard InChI is InChI=1S/C31H32ClF4NO3/c1-18(2)12-28(22-14-19(3)13-20(4)15-22)37-30(39)24-16-23(8-7-21(24)6-5-11-38)40-17-25-26(31(34,35)36)9-10-27(32)29(25)33/h7-11,13-16,18,28H,5-6,12,17H2,1-4H3,(H,37,39). The fraction of sp³-hybridized carbons (Fsp3) is 0.355. The molecule has 1 N–H and O–H groups in total. The molecular formula is C31H32ClF4NO3. The number of hydrogen-bond donors (Lipinski definition) is 1. The van der Waals surface area contributed by atoms with Gasteiger partial charge in [-0.1, -0.05) is 60.8 Å². The summed E-state index contributed by atoms with van der Waals surface area (Å²) in [4.78, 5) is 24.6. The van der Waals surface area contributed by atoms with Crippen LogP contribution < -0.4 is 10.1 Å². The second-order valence-electron chi connectivity index (χ2n) is 10.3. The molecule has 3 aromatic rings. The molecule has 4 nitrogen and oxygen atoms in total. The topological polar surface area (TPSA) is 55.4 Å². The summed E-state index contributed by atoms with van der Waals surface area (Å²) in [6.45, 7) is 7.31. The highest BCUT2D eigenvalue weighted by Crippen LogP contribution is 2.36. The van der Waals surface area contributed by atoms with Crippen LogP contribution in [-0.2, 0) is 24.0 Å². The Bertz CT molecular complexity index is 1350. The highest BCUT2D eigenvalue weighted by Gasteiger charge is 2.35. The lowest BCUT2D eigenvalue weighted by Gasteiger charge is -2.23. The SMILES string of the molecule is Cc1cc(C)cc(C(CC(C)C)NC(=O)c2cc(OCc3c(C(F)(F)F)ccc(Cl)c3F)ccc2CCC=O)c1. The number of nitrogens with one attached hydrogen (secondary N) is 1. The molecule has 0 saturated heterocycles. The van der Waals surface area contributed by atoms with Gasteiger partial charge in [0, 0.05) is 17.5 Å². The van der Waals surface area contributed by atoms with Gasteiger partial charge in [0.1, 0.15) is 24.5 Å². The lowest BCUT2D eigenvalue weighted by Crippen LogP contribution is -2.30. The van der Waals surface area contributed by atoms with Crippen molar-refractivity contribution < 1.29 is 31.9 Å². The molecule has 1 atom stereocenters. The Morgan fingerprint density at radius 1 is 1.05 bits per heavy atom. The second-order valence-corrected chi connectivity index (χ2v) is 10.7. The summed E-state index contributed by atoms with van der Waals surface area (Å²) in [5.41, 5.74) is 1.95. The van der Waals surface area contributed by atoms with Crippen LogP contribution in [0.2, 0.25) is 5.02 Å². The average Bonchev–Trinajstić information content (AvgIpc) is 2.86. The fourth-order valence-corrected chi connectivity index (χ4v) is 4.82.